The standard InChI is InChI=1S/C21H23N5O3/c1-21(2,28)9-7-15-12-26-13-17(18(29-3)11-19(26)24-15)25-20(27)16-6-4-5-14(23-16)8-10-22/h4-6,11-13,28H,7-9H2,1-3H3,(H,25,27). The van der Waals surface area contributed by atoms with E-state index in [9.17, 15) is 9.90 Å². The molecule has 0 radical (unpaired) electrons. The molecular weight excluding hydrogens is 370 g/mol. The maximum atomic E-state index is 12.6. The monoisotopic (exact) mass is 393 g/mol. The molecule has 0 saturated carbocycles. The van der Waals surface area contributed by atoms with Gasteiger partial charge in [-0.05, 0) is 38.8 Å². The lowest BCUT2D eigenvalue weighted by Crippen LogP contribution is -2.19. The number of amides is 1. The Bertz CT molecular complexity index is 1080. The fraction of sp³-hybridized carbons (Fsp3) is 0.333. The maximum Gasteiger partial charge on any atom is 0.274 e. The molecule has 0 unspecified atom stereocenters. The van der Waals surface area contributed by atoms with Crippen LogP contribution in [0.4, 0.5) is 5.69 Å². The molecule has 0 saturated heterocycles. The maximum absolute atomic E-state index is 12.6. The lowest BCUT2D eigenvalue weighted by Gasteiger charge is -2.15. The molecule has 0 atom stereocenters. The largest absolute Gasteiger partial charge is 0.494 e. The molecule has 0 fully saturated rings. The smallest absolute Gasteiger partial charge is 0.274 e. The van der Waals surface area contributed by atoms with Crippen molar-refractivity contribution in [3.63, 3.8) is 0 Å². The molecule has 1 amide bonds. The van der Waals surface area contributed by atoms with Gasteiger partial charge in [0.2, 0.25) is 0 Å². The van der Waals surface area contributed by atoms with Gasteiger partial charge in [-0.3, -0.25) is 4.79 Å². The normalized spacial score (nSPS) is 11.3. The van der Waals surface area contributed by atoms with E-state index in [4.69, 9.17) is 10.00 Å². The second-order valence-corrected chi connectivity index (χ2v) is 7.37. The number of rotatable bonds is 7. The van der Waals surface area contributed by atoms with Crippen molar-refractivity contribution in [3.05, 3.63) is 53.7 Å². The Balaban J connectivity index is 1.85. The summed E-state index contributed by atoms with van der Waals surface area (Å²) in [6.07, 6.45) is 4.94. The minimum atomic E-state index is -0.764. The number of aliphatic hydroxyl groups is 1. The van der Waals surface area contributed by atoms with Gasteiger partial charge in [-0.1, -0.05) is 6.07 Å². The Labute approximate surface area is 168 Å². The van der Waals surface area contributed by atoms with Gasteiger partial charge in [0.1, 0.15) is 22.8 Å². The number of imidazole rings is 1. The number of pyridine rings is 2. The first kappa shape index (κ1) is 20.3. The lowest BCUT2D eigenvalue weighted by atomic mass is 10.0. The van der Waals surface area contributed by atoms with E-state index < -0.39 is 11.5 Å². The van der Waals surface area contributed by atoms with Crippen LogP contribution in [0.3, 0.4) is 0 Å². The molecule has 2 N–H and O–H groups in total. The predicted molar refractivity (Wildman–Crippen MR) is 108 cm³/mol. The van der Waals surface area contributed by atoms with Crippen molar-refractivity contribution in [2.24, 2.45) is 0 Å². The summed E-state index contributed by atoms with van der Waals surface area (Å²) in [5.74, 6) is 0.0727. The van der Waals surface area contributed by atoms with Crippen LogP contribution in [0.2, 0.25) is 0 Å². The molecule has 3 aromatic rings. The third kappa shape index (κ3) is 5.09. The van der Waals surface area contributed by atoms with Gasteiger partial charge >= 0.3 is 0 Å². The van der Waals surface area contributed by atoms with Crippen molar-refractivity contribution in [3.8, 4) is 11.8 Å². The number of nitrogens with zero attached hydrogens (tertiary/aromatic N) is 4. The summed E-state index contributed by atoms with van der Waals surface area (Å²) in [5, 5.41) is 21.5. The SMILES string of the molecule is COc1cc2nc(CCC(C)(C)O)cn2cc1NC(=O)c1cccc(CC#N)n1. The van der Waals surface area contributed by atoms with Crippen molar-refractivity contribution in [1.82, 2.24) is 14.4 Å². The van der Waals surface area contributed by atoms with Crippen LogP contribution in [0.15, 0.2) is 36.7 Å². The van der Waals surface area contributed by atoms with Crippen LogP contribution < -0.4 is 10.1 Å². The molecule has 3 rings (SSSR count). The number of aryl methyl sites for hydroxylation is 1. The summed E-state index contributed by atoms with van der Waals surface area (Å²) >= 11 is 0. The number of nitrogens with one attached hydrogen (secondary N) is 1. The second-order valence-electron chi connectivity index (χ2n) is 7.37. The summed E-state index contributed by atoms with van der Waals surface area (Å²) in [5.41, 5.74) is 1.98. The highest BCUT2D eigenvalue weighted by Gasteiger charge is 2.16. The molecule has 0 aliphatic heterocycles. The molecule has 8 nitrogen and oxygen atoms in total. The quantitative estimate of drug-likeness (QED) is 0.638. The zero-order chi connectivity index (χ0) is 21.0. The Morgan fingerprint density at radius 3 is 2.79 bits per heavy atom. The molecule has 0 spiro atoms. The lowest BCUT2D eigenvalue weighted by molar-refractivity contribution is 0.0711. The van der Waals surface area contributed by atoms with Crippen LogP contribution in [0.5, 0.6) is 5.75 Å². The number of ether oxygens (including phenoxy) is 1. The molecule has 3 heterocycles. The average molecular weight is 393 g/mol. The van der Waals surface area contributed by atoms with E-state index in [1.165, 1.54) is 7.11 Å². The van der Waals surface area contributed by atoms with E-state index in [0.717, 1.165) is 5.69 Å². The van der Waals surface area contributed by atoms with Crippen LogP contribution >= 0.6 is 0 Å². The number of hydrogen-bond donors (Lipinski definition) is 2. The number of methoxy groups -OCH3 is 1. The van der Waals surface area contributed by atoms with Crippen molar-refractivity contribution >= 4 is 17.2 Å². The highest BCUT2D eigenvalue weighted by Crippen LogP contribution is 2.27. The van der Waals surface area contributed by atoms with E-state index in [0.29, 0.717) is 35.6 Å². The zero-order valence-corrected chi connectivity index (χ0v) is 16.6. The molecule has 0 aliphatic carbocycles. The summed E-state index contributed by atoms with van der Waals surface area (Å²) in [6, 6.07) is 8.75. The number of hydrogen-bond acceptors (Lipinski definition) is 6. The summed E-state index contributed by atoms with van der Waals surface area (Å²) < 4.78 is 7.21. The molecule has 8 heteroatoms. The van der Waals surface area contributed by atoms with Crippen LogP contribution in [0.25, 0.3) is 5.65 Å². The number of carbonyl (C=O) groups is 1. The Kier molecular flexibility index (Phi) is 5.80. The highest BCUT2D eigenvalue weighted by molar-refractivity contribution is 6.03. The van der Waals surface area contributed by atoms with Gasteiger partial charge in [-0.25, -0.2) is 9.97 Å². The van der Waals surface area contributed by atoms with Gasteiger partial charge in [0.25, 0.3) is 5.91 Å². The van der Waals surface area contributed by atoms with Gasteiger partial charge < -0.3 is 19.6 Å². The molecule has 0 aliphatic rings. The highest BCUT2D eigenvalue weighted by atomic mass is 16.5. The molecule has 150 valence electrons. The fourth-order valence-electron chi connectivity index (χ4n) is 2.86. The van der Waals surface area contributed by atoms with E-state index in [2.05, 4.69) is 15.3 Å². The Hall–Kier alpha value is -3.44. The second kappa shape index (κ2) is 8.29. The molecule has 0 bridgehead atoms. The van der Waals surface area contributed by atoms with Crippen molar-refractivity contribution in [1.29, 1.82) is 5.26 Å². The summed E-state index contributed by atoms with van der Waals surface area (Å²) in [6.45, 7) is 3.53. The van der Waals surface area contributed by atoms with E-state index >= 15 is 0 Å². The van der Waals surface area contributed by atoms with Gasteiger partial charge in [-0.2, -0.15) is 5.26 Å². The van der Waals surface area contributed by atoms with Crippen molar-refractivity contribution in [2.45, 2.75) is 38.7 Å². The van der Waals surface area contributed by atoms with Crippen molar-refractivity contribution < 1.29 is 14.6 Å². The fourth-order valence-corrected chi connectivity index (χ4v) is 2.86. The van der Waals surface area contributed by atoms with E-state index in [1.54, 1.807) is 48.7 Å². The number of aromatic nitrogens is 3. The minimum Gasteiger partial charge on any atom is -0.494 e. The number of carbonyl (C=O) groups excluding carboxylic acids is 1. The summed E-state index contributed by atoms with van der Waals surface area (Å²) in [7, 11) is 1.52. The van der Waals surface area contributed by atoms with Gasteiger partial charge in [0.05, 0.1) is 36.6 Å². The van der Waals surface area contributed by atoms with Crippen LogP contribution in [0, 0.1) is 11.3 Å². The molecule has 29 heavy (non-hydrogen) atoms. The summed E-state index contributed by atoms with van der Waals surface area (Å²) in [4.78, 5) is 21.4. The van der Waals surface area contributed by atoms with Gasteiger partial charge in [0.15, 0.2) is 0 Å². The van der Waals surface area contributed by atoms with Crippen LogP contribution in [0.1, 0.15) is 42.1 Å². The first-order valence-corrected chi connectivity index (χ1v) is 9.21. The topological polar surface area (TPSA) is 113 Å². The third-order valence-corrected chi connectivity index (χ3v) is 4.37. The predicted octanol–water partition coefficient (Wildman–Crippen LogP) is 2.76. The Morgan fingerprint density at radius 2 is 2.10 bits per heavy atom. The van der Waals surface area contributed by atoms with Gasteiger partial charge in [0, 0.05) is 18.5 Å². The molecule has 3 aromatic heterocycles. The molecular formula is C21H23N5O3. The first-order valence-electron chi connectivity index (χ1n) is 9.21. The zero-order valence-electron chi connectivity index (χ0n) is 16.6. The minimum absolute atomic E-state index is 0.138. The average Bonchev–Trinajstić information content (AvgIpc) is 3.07. The third-order valence-electron chi connectivity index (χ3n) is 4.37. The van der Waals surface area contributed by atoms with Crippen LogP contribution in [-0.2, 0) is 12.8 Å². The molecule has 0 aromatic carbocycles. The van der Waals surface area contributed by atoms with E-state index in [1.807, 2.05) is 12.3 Å². The Morgan fingerprint density at radius 1 is 1.31 bits per heavy atom. The van der Waals surface area contributed by atoms with Crippen molar-refractivity contribution in [2.75, 3.05) is 12.4 Å². The first-order chi connectivity index (χ1) is 13.8. The van der Waals surface area contributed by atoms with Gasteiger partial charge in [-0.15, -0.1) is 0 Å². The number of nitriles is 1. The van der Waals surface area contributed by atoms with E-state index in [-0.39, 0.29) is 12.1 Å². The van der Waals surface area contributed by atoms with Crippen LogP contribution in [-0.4, -0.2) is 38.1 Å². The number of anilines is 1. The number of fused-ring (bicyclic) bond motifs is 1.